The van der Waals surface area contributed by atoms with Crippen molar-refractivity contribution in [2.45, 2.75) is 6.92 Å². The standard InChI is InChI=1S/C25H18N4S/c1-17-23(21-14-16-27-24(29-21)22-9-5-6-15-26-22)30-25(28-17)20-12-10-19(11-13-20)18-7-3-2-4-8-18/h2-16H,1H3. The molecule has 3 aromatic heterocycles. The molecule has 30 heavy (non-hydrogen) atoms. The van der Waals surface area contributed by atoms with Crippen molar-refractivity contribution in [1.29, 1.82) is 0 Å². The number of thiazole rings is 1. The molecule has 0 fully saturated rings. The zero-order valence-electron chi connectivity index (χ0n) is 16.4. The zero-order valence-corrected chi connectivity index (χ0v) is 17.2. The van der Waals surface area contributed by atoms with Crippen LogP contribution < -0.4 is 0 Å². The number of hydrogen-bond donors (Lipinski definition) is 0. The number of aryl methyl sites for hydroxylation is 1. The van der Waals surface area contributed by atoms with Crippen molar-refractivity contribution in [2.24, 2.45) is 0 Å². The molecule has 0 aliphatic carbocycles. The number of benzene rings is 2. The molecule has 5 aromatic rings. The summed E-state index contributed by atoms with van der Waals surface area (Å²) in [6.45, 7) is 2.02. The normalized spacial score (nSPS) is 10.8. The Hall–Kier alpha value is -3.70. The predicted octanol–water partition coefficient (Wildman–Crippen LogP) is 6.30. The Morgan fingerprint density at radius 1 is 0.600 bits per heavy atom. The predicted molar refractivity (Wildman–Crippen MR) is 122 cm³/mol. The van der Waals surface area contributed by atoms with E-state index < -0.39 is 0 Å². The maximum absolute atomic E-state index is 4.80. The molecule has 5 heteroatoms. The Morgan fingerprint density at radius 2 is 1.33 bits per heavy atom. The number of hydrogen-bond acceptors (Lipinski definition) is 5. The van der Waals surface area contributed by atoms with Crippen molar-refractivity contribution in [3.8, 4) is 43.8 Å². The van der Waals surface area contributed by atoms with Crippen LogP contribution in [0.15, 0.2) is 91.3 Å². The molecule has 2 aromatic carbocycles. The van der Waals surface area contributed by atoms with Crippen molar-refractivity contribution in [1.82, 2.24) is 19.9 Å². The van der Waals surface area contributed by atoms with Gasteiger partial charge in [-0.1, -0.05) is 60.7 Å². The van der Waals surface area contributed by atoms with E-state index in [9.17, 15) is 0 Å². The van der Waals surface area contributed by atoms with Crippen molar-refractivity contribution < 1.29 is 0 Å². The molecule has 0 aliphatic heterocycles. The fraction of sp³-hybridized carbons (Fsp3) is 0.0400. The molecule has 0 radical (unpaired) electrons. The SMILES string of the molecule is Cc1nc(-c2ccc(-c3ccccc3)cc2)sc1-c1ccnc(-c2ccccn2)n1. The topological polar surface area (TPSA) is 51.6 Å². The van der Waals surface area contributed by atoms with Crippen molar-refractivity contribution in [3.63, 3.8) is 0 Å². The van der Waals surface area contributed by atoms with Gasteiger partial charge in [-0.25, -0.2) is 15.0 Å². The molecule has 0 unspecified atom stereocenters. The largest absolute Gasteiger partial charge is 0.253 e. The second-order valence-corrected chi connectivity index (χ2v) is 7.86. The van der Waals surface area contributed by atoms with Crippen LogP contribution in [-0.2, 0) is 0 Å². The Bertz CT molecular complexity index is 1280. The van der Waals surface area contributed by atoms with Gasteiger partial charge >= 0.3 is 0 Å². The van der Waals surface area contributed by atoms with Gasteiger partial charge in [0.1, 0.15) is 10.7 Å². The first-order valence-electron chi connectivity index (χ1n) is 9.66. The number of rotatable bonds is 4. The van der Waals surface area contributed by atoms with Crippen LogP contribution in [-0.4, -0.2) is 19.9 Å². The van der Waals surface area contributed by atoms with Gasteiger partial charge in [-0.05, 0) is 36.2 Å². The molecule has 4 nitrogen and oxygen atoms in total. The summed E-state index contributed by atoms with van der Waals surface area (Å²) >= 11 is 1.65. The Morgan fingerprint density at radius 3 is 2.10 bits per heavy atom. The molecule has 0 saturated carbocycles. The van der Waals surface area contributed by atoms with Crippen LogP contribution >= 0.6 is 11.3 Å². The van der Waals surface area contributed by atoms with E-state index >= 15 is 0 Å². The third-order valence-corrected chi connectivity index (χ3v) is 6.05. The van der Waals surface area contributed by atoms with Gasteiger partial charge in [0.2, 0.25) is 0 Å². The smallest absolute Gasteiger partial charge is 0.178 e. The van der Waals surface area contributed by atoms with E-state index in [4.69, 9.17) is 9.97 Å². The summed E-state index contributed by atoms with van der Waals surface area (Å²) in [6.07, 6.45) is 3.53. The van der Waals surface area contributed by atoms with E-state index in [1.165, 1.54) is 11.1 Å². The van der Waals surface area contributed by atoms with Crippen LogP contribution in [0.2, 0.25) is 0 Å². The van der Waals surface area contributed by atoms with Gasteiger partial charge in [0.25, 0.3) is 0 Å². The Balaban J connectivity index is 1.47. The van der Waals surface area contributed by atoms with E-state index in [1.54, 1.807) is 23.7 Å². The van der Waals surface area contributed by atoms with Crippen molar-refractivity contribution in [3.05, 3.63) is 97.0 Å². The van der Waals surface area contributed by atoms with Gasteiger partial charge in [0, 0.05) is 18.0 Å². The van der Waals surface area contributed by atoms with Crippen LogP contribution in [0.5, 0.6) is 0 Å². The van der Waals surface area contributed by atoms with Crippen molar-refractivity contribution >= 4 is 11.3 Å². The summed E-state index contributed by atoms with van der Waals surface area (Å²) in [5.41, 5.74) is 6.11. The van der Waals surface area contributed by atoms with Crippen LogP contribution in [0, 0.1) is 6.92 Å². The van der Waals surface area contributed by atoms with E-state index in [1.807, 2.05) is 37.3 Å². The summed E-state index contributed by atoms with van der Waals surface area (Å²) in [5, 5.41) is 0.986. The second kappa shape index (κ2) is 7.97. The summed E-state index contributed by atoms with van der Waals surface area (Å²) in [5.74, 6) is 0.620. The van der Waals surface area contributed by atoms with Gasteiger partial charge < -0.3 is 0 Å². The first-order chi connectivity index (χ1) is 14.8. The third-order valence-electron chi connectivity index (χ3n) is 4.82. The number of nitrogens with zero attached hydrogens (tertiary/aromatic N) is 4. The lowest BCUT2D eigenvalue weighted by Crippen LogP contribution is -1.93. The molecular weight excluding hydrogens is 388 g/mol. The van der Waals surface area contributed by atoms with E-state index in [0.29, 0.717) is 5.82 Å². The van der Waals surface area contributed by atoms with Gasteiger partial charge in [-0.2, -0.15) is 0 Å². The Kier molecular flexibility index (Phi) is 4.87. The van der Waals surface area contributed by atoms with E-state index in [0.717, 1.165) is 32.5 Å². The first-order valence-corrected chi connectivity index (χ1v) is 10.5. The van der Waals surface area contributed by atoms with Gasteiger partial charge in [-0.3, -0.25) is 4.98 Å². The fourth-order valence-electron chi connectivity index (χ4n) is 3.30. The molecule has 144 valence electrons. The second-order valence-electron chi connectivity index (χ2n) is 6.86. The zero-order chi connectivity index (χ0) is 20.3. The highest BCUT2D eigenvalue weighted by Crippen LogP contribution is 2.35. The lowest BCUT2D eigenvalue weighted by Gasteiger charge is -2.03. The number of pyridine rings is 1. The quantitative estimate of drug-likeness (QED) is 0.351. The third kappa shape index (κ3) is 3.63. The summed E-state index contributed by atoms with van der Waals surface area (Å²) in [4.78, 5) is 19.3. The number of aromatic nitrogens is 4. The highest BCUT2D eigenvalue weighted by molar-refractivity contribution is 7.18. The molecule has 5 rings (SSSR count). The van der Waals surface area contributed by atoms with Crippen LogP contribution in [0.25, 0.3) is 43.8 Å². The average molecular weight is 407 g/mol. The molecule has 0 saturated heterocycles. The molecule has 0 bridgehead atoms. The Labute approximate surface area is 179 Å². The summed E-state index contributed by atoms with van der Waals surface area (Å²) < 4.78 is 0. The molecule has 0 amide bonds. The summed E-state index contributed by atoms with van der Waals surface area (Å²) in [6, 6.07) is 26.6. The molecule has 0 N–H and O–H groups in total. The maximum atomic E-state index is 4.80. The molecule has 0 aliphatic rings. The fourth-order valence-corrected chi connectivity index (χ4v) is 4.34. The minimum absolute atomic E-state index is 0.620. The van der Waals surface area contributed by atoms with Crippen molar-refractivity contribution in [2.75, 3.05) is 0 Å². The van der Waals surface area contributed by atoms with Crippen LogP contribution in [0.3, 0.4) is 0 Å². The minimum Gasteiger partial charge on any atom is -0.253 e. The minimum atomic E-state index is 0.620. The molecule has 3 heterocycles. The van der Waals surface area contributed by atoms with Gasteiger partial charge in [0.15, 0.2) is 5.82 Å². The van der Waals surface area contributed by atoms with E-state index in [-0.39, 0.29) is 0 Å². The highest BCUT2D eigenvalue weighted by atomic mass is 32.1. The molecular formula is C25H18N4S. The van der Waals surface area contributed by atoms with Crippen LogP contribution in [0.1, 0.15) is 5.69 Å². The van der Waals surface area contributed by atoms with Crippen LogP contribution in [0.4, 0.5) is 0 Å². The lowest BCUT2D eigenvalue weighted by atomic mass is 10.0. The molecule has 0 atom stereocenters. The lowest BCUT2D eigenvalue weighted by molar-refractivity contribution is 1.14. The highest BCUT2D eigenvalue weighted by Gasteiger charge is 2.14. The monoisotopic (exact) mass is 406 g/mol. The van der Waals surface area contributed by atoms with Gasteiger partial charge in [-0.15, -0.1) is 11.3 Å². The van der Waals surface area contributed by atoms with E-state index in [2.05, 4.69) is 58.5 Å². The first kappa shape index (κ1) is 18.3. The molecule has 0 spiro atoms. The summed E-state index contributed by atoms with van der Waals surface area (Å²) in [7, 11) is 0. The maximum Gasteiger partial charge on any atom is 0.178 e. The van der Waals surface area contributed by atoms with Gasteiger partial charge in [0.05, 0.1) is 16.3 Å². The average Bonchev–Trinajstić information content (AvgIpc) is 3.22.